The highest BCUT2D eigenvalue weighted by Crippen LogP contribution is 2.34. The third-order valence-corrected chi connectivity index (χ3v) is 7.27. The van der Waals surface area contributed by atoms with Gasteiger partial charge in [-0.15, -0.1) is 13.2 Å². The number of carbonyl (C=O) groups excluding carboxylic acids is 1. The van der Waals surface area contributed by atoms with Gasteiger partial charge in [0.05, 0.1) is 16.9 Å². The van der Waals surface area contributed by atoms with E-state index in [-0.39, 0.29) is 23.3 Å². The molecule has 0 atom stereocenters. The van der Waals surface area contributed by atoms with Gasteiger partial charge < -0.3 is 11.5 Å². The average Bonchev–Trinajstić information content (AvgIpc) is 3.52. The summed E-state index contributed by atoms with van der Waals surface area (Å²) in [4.78, 5) is 18.0. The van der Waals surface area contributed by atoms with E-state index in [1.807, 2.05) is 20.8 Å². The summed E-state index contributed by atoms with van der Waals surface area (Å²) in [7, 11) is -3.67. The highest BCUT2D eigenvalue weighted by atomic mass is 35.5. The molecule has 0 spiro atoms. The first-order valence-corrected chi connectivity index (χ1v) is 13.6. The molecule has 1 amide bonds. The van der Waals surface area contributed by atoms with Crippen molar-refractivity contribution in [1.82, 2.24) is 18.7 Å². The molecule has 0 unspecified atom stereocenters. The molecule has 0 aliphatic carbocycles. The smallest absolute Gasteiger partial charge is 0.262 e. The molecule has 12 heteroatoms. The van der Waals surface area contributed by atoms with Crippen molar-refractivity contribution in [3.8, 4) is 11.3 Å². The third-order valence-electron chi connectivity index (χ3n) is 4.96. The SMILES string of the molecule is C=C.CC.CC(N)=O.Cc1nc2nc(S(=O)(=O)N3CCCC3)cn2c(-c2ccc(Cl)cc2Cl)c1CN. The number of hydrogen-bond acceptors (Lipinski definition) is 6. The van der Waals surface area contributed by atoms with Crippen LogP contribution in [0, 0.1) is 6.92 Å². The molecule has 1 aromatic carbocycles. The van der Waals surface area contributed by atoms with Gasteiger partial charge in [-0.25, -0.2) is 13.4 Å². The lowest BCUT2D eigenvalue weighted by molar-refractivity contribution is -0.115. The summed E-state index contributed by atoms with van der Waals surface area (Å²) in [6, 6.07) is 5.15. The van der Waals surface area contributed by atoms with Crippen molar-refractivity contribution < 1.29 is 13.2 Å². The molecule has 1 saturated heterocycles. The van der Waals surface area contributed by atoms with Gasteiger partial charge in [-0.1, -0.05) is 37.0 Å². The normalized spacial score (nSPS) is 13.1. The molecule has 3 heterocycles. The number of halogens is 2. The summed E-state index contributed by atoms with van der Waals surface area (Å²) in [5.74, 6) is -0.0477. The maximum atomic E-state index is 13.0. The predicted octanol–water partition coefficient (Wildman–Crippen LogP) is 4.57. The molecule has 4 rings (SSSR count). The van der Waals surface area contributed by atoms with Crippen LogP contribution >= 0.6 is 23.2 Å². The monoisotopic (exact) mass is 556 g/mol. The van der Waals surface area contributed by atoms with Crippen molar-refractivity contribution in [2.45, 2.75) is 52.1 Å². The minimum absolute atomic E-state index is 0.0261. The Hall–Kier alpha value is -2.50. The first kappa shape index (κ1) is 31.5. The van der Waals surface area contributed by atoms with Gasteiger partial charge in [0.2, 0.25) is 11.7 Å². The van der Waals surface area contributed by atoms with Gasteiger partial charge in [-0.2, -0.15) is 9.29 Å². The molecule has 1 aliphatic rings. The zero-order chi connectivity index (χ0) is 27.6. The van der Waals surface area contributed by atoms with Gasteiger partial charge in [0, 0.05) is 48.4 Å². The summed E-state index contributed by atoms with van der Waals surface area (Å²) in [5.41, 5.74) is 13.2. The van der Waals surface area contributed by atoms with Crippen molar-refractivity contribution >= 4 is 44.9 Å². The van der Waals surface area contributed by atoms with Crippen LogP contribution in [0.5, 0.6) is 0 Å². The molecule has 0 saturated carbocycles. The lowest BCUT2D eigenvalue weighted by atomic mass is 10.0. The second-order valence-corrected chi connectivity index (χ2v) is 10.1. The van der Waals surface area contributed by atoms with Crippen LogP contribution in [0.1, 0.15) is 44.9 Å². The minimum Gasteiger partial charge on any atom is -0.370 e. The summed E-state index contributed by atoms with van der Waals surface area (Å²) in [6.07, 6.45) is 3.20. The van der Waals surface area contributed by atoms with Crippen molar-refractivity contribution in [2.24, 2.45) is 11.5 Å². The number of primary amides is 1. The Bertz CT molecular complexity index is 1280. The van der Waals surface area contributed by atoms with Crippen LogP contribution < -0.4 is 11.5 Å². The Morgan fingerprint density at radius 2 is 1.69 bits per heavy atom. The van der Waals surface area contributed by atoms with Gasteiger partial charge >= 0.3 is 0 Å². The van der Waals surface area contributed by atoms with E-state index >= 15 is 0 Å². The fourth-order valence-electron chi connectivity index (χ4n) is 3.53. The Morgan fingerprint density at radius 3 is 2.19 bits per heavy atom. The number of hydrogen-bond donors (Lipinski definition) is 2. The number of nitrogens with two attached hydrogens (primary N) is 2. The van der Waals surface area contributed by atoms with E-state index in [2.05, 4.69) is 28.9 Å². The average molecular weight is 558 g/mol. The maximum Gasteiger partial charge on any atom is 0.262 e. The number of amides is 1. The summed E-state index contributed by atoms with van der Waals surface area (Å²) in [6.45, 7) is 14.4. The molecule has 2 aromatic heterocycles. The van der Waals surface area contributed by atoms with Crippen LogP contribution in [0.25, 0.3) is 17.0 Å². The highest BCUT2D eigenvalue weighted by Gasteiger charge is 2.30. The van der Waals surface area contributed by atoms with Crippen LogP contribution in [-0.2, 0) is 21.4 Å². The molecule has 0 bridgehead atoms. The number of rotatable bonds is 4. The third kappa shape index (κ3) is 7.27. The largest absolute Gasteiger partial charge is 0.370 e. The zero-order valence-corrected chi connectivity index (χ0v) is 23.4. The lowest BCUT2D eigenvalue weighted by Crippen LogP contribution is -2.28. The molecular formula is C24H34Cl2N6O3S. The van der Waals surface area contributed by atoms with Gasteiger partial charge in [0.25, 0.3) is 10.0 Å². The zero-order valence-electron chi connectivity index (χ0n) is 21.1. The van der Waals surface area contributed by atoms with Crippen LogP contribution in [-0.4, -0.2) is 46.1 Å². The van der Waals surface area contributed by atoms with Gasteiger partial charge in [-0.05, 0) is 38.0 Å². The maximum absolute atomic E-state index is 13.0. The number of fused-ring (bicyclic) bond motifs is 1. The predicted molar refractivity (Wildman–Crippen MR) is 147 cm³/mol. The standard InChI is InChI=1S/C18H19Cl2N5O2S.C2H5NO.C2H6.C2H4/c1-11-14(9-21)17(13-5-4-12(19)8-15(13)20)25-10-16(23-18(25)22-11)28(26,27)24-6-2-3-7-24;1-2(3)4;2*1-2/h4-5,8,10H,2-3,6-7,9,21H2,1H3;1H3,(H2,3,4);1-2H3;1-2H2. The molecule has 1 fully saturated rings. The topological polar surface area (TPSA) is 137 Å². The Morgan fingerprint density at radius 1 is 1.14 bits per heavy atom. The van der Waals surface area contributed by atoms with Crippen molar-refractivity contribution in [1.29, 1.82) is 0 Å². The minimum atomic E-state index is -3.67. The molecule has 9 nitrogen and oxygen atoms in total. The first-order valence-electron chi connectivity index (χ1n) is 11.4. The number of aryl methyl sites for hydroxylation is 1. The molecule has 36 heavy (non-hydrogen) atoms. The number of carbonyl (C=O) groups is 1. The quantitative estimate of drug-likeness (QED) is 0.451. The second kappa shape index (κ2) is 14.3. The number of nitrogens with zero attached hydrogens (tertiary/aromatic N) is 4. The molecule has 0 radical (unpaired) electrons. The fourth-order valence-corrected chi connectivity index (χ4v) is 5.47. The van der Waals surface area contributed by atoms with E-state index in [4.69, 9.17) is 28.9 Å². The van der Waals surface area contributed by atoms with Gasteiger partial charge in [0.1, 0.15) is 0 Å². The Kier molecular flexibility index (Phi) is 12.5. The lowest BCUT2D eigenvalue weighted by Gasteiger charge is -2.14. The van der Waals surface area contributed by atoms with E-state index in [1.165, 1.54) is 17.4 Å². The van der Waals surface area contributed by atoms with Gasteiger partial charge in [0.15, 0.2) is 5.03 Å². The molecular weight excluding hydrogens is 523 g/mol. The van der Waals surface area contributed by atoms with Gasteiger partial charge in [-0.3, -0.25) is 9.20 Å². The van der Waals surface area contributed by atoms with Crippen molar-refractivity contribution in [3.63, 3.8) is 0 Å². The van der Waals surface area contributed by atoms with E-state index in [0.29, 0.717) is 40.1 Å². The fraction of sp³-hybridized carbons (Fsp3) is 0.375. The molecule has 198 valence electrons. The number of aromatic nitrogens is 3. The van der Waals surface area contributed by atoms with Crippen molar-refractivity contribution in [2.75, 3.05) is 13.1 Å². The van der Waals surface area contributed by atoms with Crippen LogP contribution in [0.4, 0.5) is 0 Å². The molecule has 1 aliphatic heterocycles. The summed E-state index contributed by atoms with van der Waals surface area (Å²) < 4.78 is 29.0. The van der Waals surface area contributed by atoms with E-state index in [9.17, 15) is 13.2 Å². The van der Waals surface area contributed by atoms with E-state index < -0.39 is 10.0 Å². The first-order chi connectivity index (χ1) is 17.1. The second-order valence-electron chi connectivity index (χ2n) is 7.32. The molecule has 4 N–H and O–H groups in total. The Balaban J connectivity index is 0.000000725. The number of sulfonamides is 1. The summed E-state index contributed by atoms with van der Waals surface area (Å²) in [5, 5.41) is 0.918. The van der Waals surface area contributed by atoms with Crippen LogP contribution in [0.2, 0.25) is 10.0 Å². The number of benzene rings is 1. The molecule has 3 aromatic rings. The van der Waals surface area contributed by atoms with E-state index in [0.717, 1.165) is 18.4 Å². The van der Waals surface area contributed by atoms with Crippen LogP contribution in [0.15, 0.2) is 42.6 Å². The summed E-state index contributed by atoms with van der Waals surface area (Å²) >= 11 is 12.5. The Labute approximate surface area is 223 Å². The van der Waals surface area contributed by atoms with E-state index in [1.54, 1.807) is 22.6 Å². The highest BCUT2D eigenvalue weighted by molar-refractivity contribution is 7.89. The van der Waals surface area contributed by atoms with Crippen LogP contribution in [0.3, 0.4) is 0 Å². The number of imidazole rings is 1. The van der Waals surface area contributed by atoms with Crippen molar-refractivity contribution in [3.05, 3.63) is 58.9 Å².